The van der Waals surface area contributed by atoms with Crippen molar-refractivity contribution in [3.05, 3.63) is 57.4 Å². The van der Waals surface area contributed by atoms with Crippen LogP contribution >= 0.6 is 11.6 Å². The number of hydrogen-bond acceptors (Lipinski definition) is 5. The van der Waals surface area contributed by atoms with E-state index in [1.807, 2.05) is 6.07 Å². The maximum atomic E-state index is 13.4. The molecule has 1 N–H and O–H groups in total. The standard InChI is InChI=1S/C25H27ClN2O4Si/c1-5-20(26)33(3,4)19-9-7-8-14-10-15-12-28-18(21(15)27-22(14)19)11-17-16(23(28)29)13-32-24(30)25(17,31)6-2/h7-11,20,31H,5-6,12-13H2,1-4H3/t20?,25-/m0/s1. The van der Waals surface area contributed by atoms with Crippen molar-refractivity contribution in [1.82, 2.24) is 9.55 Å². The van der Waals surface area contributed by atoms with Crippen LogP contribution in [0.3, 0.4) is 0 Å². The van der Waals surface area contributed by atoms with Crippen molar-refractivity contribution in [2.24, 2.45) is 0 Å². The molecule has 0 spiro atoms. The SMILES string of the molecule is CCC(Cl)[Si](C)(C)c1cccc2cc3c(nc12)-c1cc2c(c(=O)n1C3)COC(=O)[C@]2(O)CC. The number of hydrogen-bond donors (Lipinski definition) is 1. The minimum Gasteiger partial charge on any atom is -0.458 e. The van der Waals surface area contributed by atoms with Gasteiger partial charge in [0.05, 0.1) is 29.0 Å². The van der Waals surface area contributed by atoms with Gasteiger partial charge in [0.2, 0.25) is 0 Å². The molecule has 2 aromatic heterocycles. The molecule has 3 aromatic rings. The molecule has 33 heavy (non-hydrogen) atoms. The Kier molecular flexibility index (Phi) is 5.08. The second-order valence-corrected chi connectivity index (χ2v) is 15.1. The molecule has 1 aromatic carbocycles. The maximum Gasteiger partial charge on any atom is 0.343 e. The van der Waals surface area contributed by atoms with Crippen LogP contribution in [0.2, 0.25) is 13.1 Å². The van der Waals surface area contributed by atoms with Gasteiger partial charge in [0.25, 0.3) is 5.56 Å². The van der Waals surface area contributed by atoms with Crippen molar-refractivity contribution in [3.63, 3.8) is 0 Å². The number of cyclic esters (lactones) is 1. The predicted octanol–water partition coefficient (Wildman–Crippen LogP) is 3.55. The van der Waals surface area contributed by atoms with Crippen LogP contribution in [0.25, 0.3) is 22.3 Å². The largest absolute Gasteiger partial charge is 0.458 e. The average Bonchev–Trinajstić information content (AvgIpc) is 3.17. The Morgan fingerprint density at radius 2 is 2.03 bits per heavy atom. The van der Waals surface area contributed by atoms with Crippen molar-refractivity contribution in [2.45, 2.75) is 63.5 Å². The molecule has 0 bridgehead atoms. The summed E-state index contributed by atoms with van der Waals surface area (Å²) in [6.45, 7) is 8.61. The number of fused-ring (bicyclic) bond motifs is 5. The van der Waals surface area contributed by atoms with Crippen molar-refractivity contribution in [1.29, 1.82) is 0 Å². The van der Waals surface area contributed by atoms with Gasteiger partial charge in [-0.1, -0.05) is 45.1 Å². The summed E-state index contributed by atoms with van der Waals surface area (Å²) in [5, 5.41) is 13.4. The molecule has 0 saturated heterocycles. The van der Waals surface area contributed by atoms with E-state index in [1.165, 1.54) is 5.19 Å². The molecule has 0 aliphatic carbocycles. The van der Waals surface area contributed by atoms with Crippen LogP contribution in [-0.4, -0.2) is 33.7 Å². The Bertz CT molecular complexity index is 1380. The van der Waals surface area contributed by atoms with Gasteiger partial charge in [0.1, 0.15) is 14.7 Å². The van der Waals surface area contributed by atoms with Gasteiger partial charge in [-0.3, -0.25) is 4.79 Å². The number of halogens is 1. The first kappa shape index (κ1) is 22.3. The van der Waals surface area contributed by atoms with Crippen LogP contribution in [0.5, 0.6) is 0 Å². The zero-order valence-electron chi connectivity index (χ0n) is 19.2. The summed E-state index contributed by atoms with van der Waals surface area (Å²) in [6, 6.07) is 10.1. The van der Waals surface area contributed by atoms with E-state index >= 15 is 0 Å². The van der Waals surface area contributed by atoms with Gasteiger partial charge in [0.15, 0.2) is 5.60 Å². The second kappa shape index (κ2) is 7.51. The molecule has 2 aliphatic heterocycles. The molecule has 4 heterocycles. The summed E-state index contributed by atoms with van der Waals surface area (Å²) in [5.41, 5.74) is 1.81. The van der Waals surface area contributed by atoms with E-state index in [9.17, 15) is 14.7 Å². The highest BCUT2D eigenvalue weighted by Gasteiger charge is 2.45. The molecular formula is C25H27ClN2O4Si. The molecule has 6 nitrogen and oxygen atoms in total. The van der Waals surface area contributed by atoms with Crippen LogP contribution in [0.1, 0.15) is 43.4 Å². The third-order valence-electron chi connectivity index (χ3n) is 7.37. The number of para-hydroxylation sites is 1. The summed E-state index contributed by atoms with van der Waals surface area (Å²) >= 11 is 6.77. The van der Waals surface area contributed by atoms with E-state index in [0.717, 1.165) is 28.6 Å². The molecule has 2 aliphatic rings. The highest BCUT2D eigenvalue weighted by molar-refractivity contribution is 6.96. The monoisotopic (exact) mass is 482 g/mol. The van der Waals surface area contributed by atoms with Crippen molar-refractivity contribution in [3.8, 4) is 11.4 Å². The van der Waals surface area contributed by atoms with Gasteiger partial charge < -0.3 is 14.4 Å². The van der Waals surface area contributed by atoms with E-state index in [1.54, 1.807) is 17.6 Å². The molecule has 1 unspecified atom stereocenters. The van der Waals surface area contributed by atoms with E-state index in [0.29, 0.717) is 23.4 Å². The van der Waals surface area contributed by atoms with Crippen molar-refractivity contribution < 1.29 is 14.6 Å². The number of carbonyl (C=O) groups excluding carboxylic acids is 1. The van der Waals surface area contributed by atoms with Gasteiger partial charge in [-0.2, -0.15) is 0 Å². The fraction of sp³-hybridized carbons (Fsp3) is 0.400. The summed E-state index contributed by atoms with van der Waals surface area (Å²) in [4.78, 5) is 30.8. The zero-order valence-corrected chi connectivity index (χ0v) is 21.0. The number of rotatable bonds is 4. The quantitative estimate of drug-likeness (QED) is 0.273. The average molecular weight is 483 g/mol. The molecular weight excluding hydrogens is 456 g/mol. The minimum absolute atomic E-state index is 0.0747. The van der Waals surface area contributed by atoms with Gasteiger partial charge >= 0.3 is 5.97 Å². The lowest BCUT2D eigenvalue weighted by Crippen LogP contribution is -2.50. The number of ether oxygens (including phenoxy) is 1. The number of carbonyl (C=O) groups is 1. The van der Waals surface area contributed by atoms with Crippen molar-refractivity contribution in [2.75, 3.05) is 0 Å². The number of pyridine rings is 2. The summed E-state index contributed by atoms with van der Waals surface area (Å²) < 4.78 is 6.82. The number of aromatic nitrogens is 2. The molecule has 0 amide bonds. The lowest BCUT2D eigenvalue weighted by atomic mass is 9.86. The van der Waals surface area contributed by atoms with Crippen LogP contribution in [0.15, 0.2) is 35.1 Å². The number of nitrogens with zero attached hydrogens (tertiary/aromatic N) is 2. The third-order valence-corrected chi connectivity index (χ3v) is 13.1. The number of esters is 1. The van der Waals surface area contributed by atoms with Crippen LogP contribution in [0.4, 0.5) is 0 Å². The van der Waals surface area contributed by atoms with Crippen LogP contribution < -0.4 is 10.7 Å². The summed E-state index contributed by atoms with van der Waals surface area (Å²) in [7, 11) is -2.01. The second-order valence-electron chi connectivity index (χ2n) is 9.57. The fourth-order valence-electron chi connectivity index (χ4n) is 5.21. The Labute approximate surface area is 198 Å². The first-order chi connectivity index (χ1) is 15.6. The first-order valence-corrected chi connectivity index (χ1v) is 14.9. The Morgan fingerprint density at radius 3 is 2.73 bits per heavy atom. The zero-order chi connectivity index (χ0) is 23.7. The van der Waals surface area contributed by atoms with Crippen LogP contribution in [0, 0.1) is 0 Å². The Balaban J connectivity index is 1.77. The molecule has 172 valence electrons. The smallest absolute Gasteiger partial charge is 0.343 e. The molecule has 2 atom stereocenters. The molecule has 0 radical (unpaired) electrons. The number of benzene rings is 1. The minimum atomic E-state index is -2.01. The third kappa shape index (κ3) is 3.06. The number of aliphatic hydroxyl groups is 1. The van der Waals surface area contributed by atoms with Crippen molar-refractivity contribution >= 4 is 41.7 Å². The number of alkyl halides is 1. The fourth-order valence-corrected chi connectivity index (χ4v) is 8.25. The molecule has 0 fully saturated rings. The predicted molar refractivity (Wildman–Crippen MR) is 132 cm³/mol. The summed E-state index contributed by atoms with van der Waals surface area (Å²) in [6.07, 6.45) is 1.01. The van der Waals surface area contributed by atoms with E-state index in [2.05, 4.69) is 38.2 Å². The summed E-state index contributed by atoms with van der Waals surface area (Å²) in [5.74, 6) is -0.714. The molecule has 0 saturated carbocycles. The van der Waals surface area contributed by atoms with E-state index in [4.69, 9.17) is 21.3 Å². The molecule has 5 rings (SSSR count). The lowest BCUT2D eigenvalue weighted by molar-refractivity contribution is -0.172. The maximum absolute atomic E-state index is 13.4. The highest BCUT2D eigenvalue weighted by atomic mass is 35.5. The normalized spacial score (nSPS) is 20.2. The first-order valence-electron chi connectivity index (χ1n) is 11.4. The molecule has 8 heteroatoms. The van der Waals surface area contributed by atoms with E-state index < -0.39 is 19.6 Å². The Hall–Kier alpha value is -2.48. The van der Waals surface area contributed by atoms with Gasteiger partial charge in [-0.25, -0.2) is 9.78 Å². The topological polar surface area (TPSA) is 81.4 Å². The highest BCUT2D eigenvalue weighted by Crippen LogP contribution is 2.38. The lowest BCUT2D eigenvalue weighted by Gasteiger charge is -2.31. The van der Waals surface area contributed by atoms with E-state index in [-0.39, 0.29) is 23.6 Å². The Morgan fingerprint density at radius 1 is 1.27 bits per heavy atom. The van der Waals surface area contributed by atoms with Gasteiger partial charge in [-0.05, 0) is 30.2 Å². The van der Waals surface area contributed by atoms with Crippen LogP contribution in [-0.2, 0) is 28.3 Å². The van der Waals surface area contributed by atoms with Gasteiger partial charge in [-0.15, -0.1) is 11.6 Å². The van der Waals surface area contributed by atoms with Gasteiger partial charge in [0, 0.05) is 21.5 Å².